The Bertz CT molecular complexity index is 1400. The van der Waals surface area contributed by atoms with Crippen molar-refractivity contribution in [3.8, 4) is 5.75 Å². The highest BCUT2D eigenvalue weighted by molar-refractivity contribution is 6.14. The first-order valence-corrected chi connectivity index (χ1v) is 12.8. The number of amidine groups is 1. The summed E-state index contributed by atoms with van der Waals surface area (Å²) in [7, 11) is 2.22. The molecule has 4 heterocycles. The molecule has 1 saturated heterocycles. The number of piperazine rings is 1. The molecule has 1 N–H and O–H groups in total. The molecule has 2 aromatic heterocycles. The second kappa shape index (κ2) is 9.47. The predicted molar refractivity (Wildman–Crippen MR) is 144 cm³/mol. The van der Waals surface area contributed by atoms with Gasteiger partial charge in [0.25, 0.3) is 0 Å². The largest absolute Gasteiger partial charge is 0.486 e. The number of benzene rings is 2. The van der Waals surface area contributed by atoms with Crippen molar-refractivity contribution in [1.82, 2.24) is 24.7 Å². The van der Waals surface area contributed by atoms with Gasteiger partial charge in [-0.15, -0.1) is 0 Å². The summed E-state index contributed by atoms with van der Waals surface area (Å²) in [6.45, 7) is 11.3. The highest BCUT2D eigenvalue weighted by Crippen LogP contribution is 2.37. The fourth-order valence-corrected chi connectivity index (χ4v) is 5.60. The van der Waals surface area contributed by atoms with Crippen LogP contribution in [0.5, 0.6) is 5.75 Å². The quantitative estimate of drug-likeness (QED) is 0.447. The number of aromatic nitrogens is 2. The van der Waals surface area contributed by atoms with E-state index in [-0.39, 0.29) is 0 Å². The van der Waals surface area contributed by atoms with Crippen LogP contribution in [-0.2, 0) is 6.54 Å². The van der Waals surface area contributed by atoms with Crippen LogP contribution >= 0.6 is 0 Å². The van der Waals surface area contributed by atoms with Gasteiger partial charge in [0.15, 0.2) is 0 Å². The van der Waals surface area contributed by atoms with Crippen molar-refractivity contribution >= 4 is 38.4 Å². The van der Waals surface area contributed by atoms with Crippen LogP contribution in [0.2, 0.25) is 0 Å². The van der Waals surface area contributed by atoms with Crippen molar-refractivity contribution < 1.29 is 4.74 Å². The van der Waals surface area contributed by atoms with E-state index in [1.807, 2.05) is 12.4 Å². The van der Waals surface area contributed by atoms with Gasteiger partial charge in [-0.1, -0.05) is 0 Å². The van der Waals surface area contributed by atoms with Crippen molar-refractivity contribution in [2.75, 3.05) is 59.5 Å². The molecule has 0 amide bonds. The number of hydrogen-bond donors (Lipinski definition) is 1. The van der Waals surface area contributed by atoms with E-state index in [0.717, 1.165) is 44.2 Å². The molecule has 2 aliphatic rings. The van der Waals surface area contributed by atoms with Crippen LogP contribution in [-0.4, -0.2) is 84.7 Å². The van der Waals surface area contributed by atoms with E-state index in [9.17, 15) is 0 Å². The summed E-state index contributed by atoms with van der Waals surface area (Å²) in [6.07, 6.45) is 5.01. The lowest BCUT2D eigenvalue weighted by Crippen LogP contribution is -2.44. The SMILES string of the molecule is Cc1c2ccncc2cc2c3cc(OCC4=NCCN4)ccc3n(CCCN3CCN(C)CC3)c12. The van der Waals surface area contributed by atoms with Crippen molar-refractivity contribution in [3.05, 3.63) is 48.3 Å². The summed E-state index contributed by atoms with van der Waals surface area (Å²) < 4.78 is 8.65. The zero-order valence-corrected chi connectivity index (χ0v) is 20.8. The molecule has 35 heavy (non-hydrogen) atoms. The first-order valence-electron chi connectivity index (χ1n) is 12.8. The number of rotatable bonds is 7. The maximum atomic E-state index is 6.12. The molecular formula is C28H34N6O. The van der Waals surface area contributed by atoms with Gasteiger partial charge in [-0.25, -0.2) is 0 Å². The minimum Gasteiger partial charge on any atom is -0.486 e. The third-order valence-corrected chi connectivity index (χ3v) is 7.56. The third kappa shape index (κ3) is 4.34. The molecule has 0 atom stereocenters. The van der Waals surface area contributed by atoms with E-state index in [4.69, 9.17) is 4.74 Å². The Kier molecular flexibility index (Phi) is 6.04. The van der Waals surface area contributed by atoms with Crippen LogP contribution < -0.4 is 10.1 Å². The number of aryl methyl sites for hydroxylation is 2. The smallest absolute Gasteiger partial charge is 0.145 e. The van der Waals surface area contributed by atoms with Gasteiger partial charge in [0, 0.05) is 73.3 Å². The number of nitrogens with zero attached hydrogens (tertiary/aromatic N) is 5. The average molecular weight is 471 g/mol. The molecule has 0 unspecified atom stereocenters. The van der Waals surface area contributed by atoms with E-state index in [0.29, 0.717) is 6.61 Å². The lowest BCUT2D eigenvalue weighted by molar-refractivity contribution is 0.151. The van der Waals surface area contributed by atoms with Crippen LogP contribution in [0.1, 0.15) is 12.0 Å². The molecule has 7 nitrogen and oxygen atoms in total. The zero-order valence-electron chi connectivity index (χ0n) is 20.8. The molecule has 182 valence electrons. The van der Waals surface area contributed by atoms with Gasteiger partial charge in [-0.2, -0.15) is 0 Å². The first kappa shape index (κ1) is 22.3. The van der Waals surface area contributed by atoms with E-state index in [1.54, 1.807) is 0 Å². The highest BCUT2D eigenvalue weighted by atomic mass is 16.5. The molecule has 2 aromatic carbocycles. The maximum Gasteiger partial charge on any atom is 0.145 e. The maximum absolute atomic E-state index is 6.12. The van der Waals surface area contributed by atoms with Crippen LogP contribution in [0.25, 0.3) is 32.6 Å². The standard InChI is InChI=1S/C28H34N6O/c1-20-23-6-7-29-18-21(23)16-25-24-17-22(35-19-27-30-8-9-31-27)4-5-26(24)34(28(20)25)11-3-10-33-14-12-32(2)13-15-33/h4-7,16-18H,3,8-15,19H2,1-2H3,(H,30,31). The van der Waals surface area contributed by atoms with E-state index < -0.39 is 0 Å². The van der Waals surface area contributed by atoms with Gasteiger partial charge in [-0.05, 0) is 68.2 Å². The second-order valence-corrected chi connectivity index (χ2v) is 9.87. The van der Waals surface area contributed by atoms with Crippen molar-refractivity contribution in [2.45, 2.75) is 19.9 Å². The molecule has 0 bridgehead atoms. The van der Waals surface area contributed by atoms with Crippen LogP contribution in [0.15, 0.2) is 47.7 Å². The summed E-state index contributed by atoms with van der Waals surface area (Å²) in [5.41, 5.74) is 3.92. The number of fused-ring (bicyclic) bond motifs is 4. The molecule has 0 radical (unpaired) electrons. The fraction of sp³-hybridized carbons (Fsp3) is 0.429. The van der Waals surface area contributed by atoms with E-state index >= 15 is 0 Å². The summed E-state index contributed by atoms with van der Waals surface area (Å²) in [4.78, 5) is 13.9. The molecule has 7 heteroatoms. The summed E-state index contributed by atoms with van der Waals surface area (Å²) in [6, 6.07) is 11.0. The van der Waals surface area contributed by atoms with Crippen LogP contribution in [0.4, 0.5) is 0 Å². The molecule has 0 aliphatic carbocycles. The van der Waals surface area contributed by atoms with Crippen molar-refractivity contribution in [2.24, 2.45) is 4.99 Å². The number of ether oxygens (including phenoxy) is 1. The van der Waals surface area contributed by atoms with Gasteiger partial charge >= 0.3 is 0 Å². The molecule has 0 saturated carbocycles. The van der Waals surface area contributed by atoms with Crippen LogP contribution in [0.3, 0.4) is 0 Å². The first-order chi connectivity index (χ1) is 17.2. The van der Waals surface area contributed by atoms with Gasteiger partial charge < -0.3 is 24.4 Å². The van der Waals surface area contributed by atoms with Gasteiger partial charge in [0.2, 0.25) is 0 Å². The lowest BCUT2D eigenvalue weighted by Gasteiger charge is -2.32. The van der Waals surface area contributed by atoms with Gasteiger partial charge in [0.1, 0.15) is 18.2 Å². The average Bonchev–Trinajstić information content (AvgIpc) is 3.51. The summed E-state index contributed by atoms with van der Waals surface area (Å²) >= 11 is 0. The fourth-order valence-electron chi connectivity index (χ4n) is 5.60. The minimum atomic E-state index is 0.487. The Morgan fingerprint density at radius 1 is 1.00 bits per heavy atom. The number of hydrogen-bond acceptors (Lipinski definition) is 6. The number of nitrogens with one attached hydrogen (secondary N) is 1. The zero-order chi connectivity index (χ0) is 23.8. The van der Waals surface area contributed by atoms with Gasteiger partial charge in [-0.3, -0.25) is 9.98 Å². The minimum absolute atomic E-state index is 0.487. The molecule has 2 aliphatic heterocycles. The molecule has 6 rings (SSSR count). The van der Waals surface area contributed by atoms with Gasteiger partial charge in [0.05, 0.1) is 12.1 Å². The Labute approximate surface area is 206 Å². The second-order valence-electron chi connectivity index (χ2n) is 9.87. The molecule has 0 spiro atoms. The molecule has 1 fully saturated rings. The summed E-state index contributed by atoms with van der Waals surface area (Å²) in [5, 5.41) is 8.27. The topological polar surface area (TPSA) is 57.9 Å². The van der Waals surface area contributed by atoms with E-state index in [1.165, 1.54) is 64.3 Å². The Hall–Kier alpha value is -3.16. The van der Waals surface area contributed by atoms with E-state index in [2.05, 4.69) is 74.0 Å². The number of aliphatic imine (C=N–C) groups is 1. The number of likely N-dealkylation sites (N-methyl/N-ethyl adjacent to an activating group) is 1. The third-order valence-electron chi connectivity index (χ3n) is 7.56. The Morgan fingerprint density at radius 2 is 1.89 bits per heavy atom. The molecule has 4 aromatic rings. The predicted octanol–water partition coefficient (Wildman–Crippen LogP) is 3.67. The lowest BCUT2D eigenvalue weighted by atomic mass is 10.0. The Morgan fingerprint density at radius 3 is 2.71 bits per heavy atom. The monoisotopic (exact) mass is 470 g/mol. The van der Waals surface area contributed by atoms with Crippen molar-refractivity contribution in [3.63, 3.8) is 0 Å². The normalized spacial score (nSPS) is 17.4. The van der Waals surface area contributed by atoms with Crippen molar-refractivity contribution in [1.29, 1.82) is 0 Å². The van der Waals surface area contributed by atoms with Crippen LogP contribution in [0, 0.1) is 6.92 Å². The highest BCUT2D eigenvalue weighted by Gasteiger charge is 2.18. The molecular weight excluding hydrogens is 436 g/mol. The Balaban J connectivity index is 1.36. The summed E-state index contributed by atoms with van der Waals surface area (Å²) in [5.74, 6) is 1.82. The number of pyridine rings is 1.